The summed E-state index contributed by atoms with van der Waals surface area (Å²) in [5.41, 5.74) is -1.15. The molecule has 1 heterocycles. The highest BCUT2D eigenvalue weighted by Crippen LogP contribution is 2.36. The summed E-state index contributed by atoms with van der Waals surface area (Å²) in [6.45, 7) is 1.61. The van der Waals surface area contributed by atoms with E-state index in [1.807, 2.05) is 0 Å². The molecule has 3 rings (SSSR count). The summed E-state index contributed by atoms with van der Waals surface area (Å²) in [5, 5.41) is -0.505. The molecular formula is C20H13Cl2F3N2O3S. The second-order valence-corrected chi connectivity index (χ2v) is 8.96. The molecule has 2 aromatic carbocycles. The van der Waals surface area contributed by atoms with Crippen LogP contribution < -0.4 is 4.72 Å². The standard InChI is InChI=1S/C20H13Cl2F3N2O3S/c1-11-8-17(18(26-10-11)19(28)13-4-2-3-5-15(13)21)27-31(29,30)12-6-7-16(22)14(9-12)20(23,24)25/h2-10,27H,1H3. The highest BCUT2D eigenvalue weighted by molar-refractivity contribution is 7.92. The summed E-state index contributed by atoms with van der Waals surface area (Å²) in [6, 6.07) is 9.65. The van der Waals surface area contributed by atoms with Crippen molar-refractivity contribution in [2.45, 2.75) is 18.0 Å². The highest BCUT2D eigenvalue weighted by atomic mass is 35.5. The van der Waals surface area contributed by atoms with E-state index in [0.29, 0.717) is 11.6 Å². The fourth-order valence-corrected chi connectivity index (χ4v) is 4.22. The number of ketones is 1. The van der Waals surface area contributed by atoms with Crippen LogP contribution >= 0.6 is 23.2 Å². The molecule has 1 N–H and O–H groups in total. The first kappa shape index (κ1) is 23.1. The number of hydrogen-bond acceptors (Lipinski definition) is 4. The van der Waals surface area contributed by atoms with Gasteiger partial charge >= 0.3 is 6.18 Å². The van der Waals surface area contributed by atoms with Crippen LogP contribution in [0.15, 0.2) is 59.6 Å². The van der Waals surface area contributed by atoms with E-state index >= 15 is 0 Å². The van der Waals surface area contributed by atoms with E-state index in [2.05, 4.69) is 9.71 Å². The summed E-state index contributed by atoms with van der Waals surface area (Å²) >= 11 is 11.6. The van der Waals surface area contributed by atoms with E-state index in [9.17, 15) is 26.4 Å². The van der Waals surface area contributed by atoms with Gasteiger partial charge in [0.15, 0.2) is 0 Å². The van der Waals surface area contributed by atoms with Crippen molar-refractivity contribution in [3.05, 3.63) is 87.2 Å². The minimum atomic E-state index is -4.85. The third kappa shape index (κ3) is 5.00. The molecule has 1 aromatic heterocycles. The molecule has 0 bridgehead atoms. The smallest absolute Gasteiger partial charge is 0.287 e. The normalized spacial score (nSPS) is 11.9. The zero-order valence-corrected chi connectivity index (χ0v) is 18.0. The number of halogens is 5. The Kier molecular flexibility index (Phi) is 6.31. The van der Waals surface area contributed by atoms with E-state index < -0.39 is 37.5 Å². The molecule has 0 radical (unpaired) electrons. The number of carbonyl (C=O) groups excluding carboxylic acids is 1. The molecule has 0 fully saturated rings. The third-order valence-corrected chi connectivity index (χ3v) is 6.18. The molecule has 0 aliphatic carbocycles. The van der Waals surface area contributed by atoms with Gasteiger partial charge in [-0.15, -0.1) is 0 Å². The first-order valence-corrected chi connectivity index (χ1v) is 10.8. The number of aromatic nitrogens is 1. The monoisotopic (exact) mass is 488 g/mol. The minimum absolute atomic E-state index is 0.0896. The fourth-order valence-electron chi connectivity index (χ4n) is 2.69. The maximum absolute atomic E-state index is 13.1. The lowest BCUT2D eigenvalue weighted by Crippen LogP contribution is -2.18. The van der Waals surface area contributed by atoms with E-state index in [0.717, 1.165) is 12.1 Å². The van der Waals surface area contributed by atoms with Crippen molar-refractivity contribution in [1.29, 1.82) is 0 Å². The van der Waals surface area contributed by atoms with Gasteiger partial charge in [-0.25, -0.2) is 8.42 Å². The molecular weight excluding hydrogens is 476 g/mol. The minimum Gasteiger partial charge on any atom is -0.287 e. The molecule has 0 unspecified atom stereocenters. The molecule has 0 atom stereocenters. The van der Waals surface area contributed by atoms with Gasteiger partial charge in [-0.05, 0) is 48.9 Å². The summed E-state index contributed by atoms with van der Waals surface area (Å²) in [4.78, 5) is 16.2. The molecule has 0 spiro atoms. The number of anilines is 1. The Bertz CT molecular complexity index is 1280. The van der Waals surface area contributed by atoms with Crippen LogP contribution in [0, 0.1) is 6.92 Å². The van der Waals surface area contributed by atoms with Gasteiger partial charge in [-0.2, -0.15) is 13.2 Å². The zero-order chi connectivity index (χ0) is 23.0. The van der Waals surface area contributed by atoms with Gasteiger partial charge in [0.25, 0.3) is 10.0 Å². The predicted octanol–water partition coefficient (Wildman–Crippen LogP) is 5.75. The van der Waals surface area contributed by atoms with Crippen molar-refractivity contribution < 1.29 is 26.4 Å². The fraction of sp³-hybridized carbons (Fsp3) is 0.100. The van der Waals surface area contributed by atoms with Crippen molar-refractivity contribution in [2.75, 3.05) is 4.72 Å². The number of nitrogens with zero attached hydrogens (tertiary/aromatic N) is 1. The molecule has 5 nitrogen and oxygen atoms in total. The number of alkyl halides is 3. The number of hydrogen-bond donors (Lipinski definition) is 1. The van der Waals surface area contributed by atoms with E-state index in [-0.39, 0.29) is 22.0 Å². The second kappa shape index (κ2) is 8.49. The van der Waals surface area contributed by atoms with Gasteiger partial charge in [0.1, 0.15) is 5.69 Å². The number of pyridine rings is 1. The van der Waals surface area contributed by atoms with Crippen molar-refractivity contribution >= 4 is 44.7 Å². The SMILES string of the molecule is Cc1cnc(C(=O)c2ccccc2Cl)c(NS(=O)(=O)c2ccc(Cl)c(C(F)(F)F)c2)c1. The Labute approximate surface area is 185 Å². The maximum Gasteiger partial charge on any atom is 0.417 e. The summed E-state index contributed by atoms with van der Waals surface area (Å²) in [5.74, 6) is -0.657. The Morgan fingerprint density at radius 1 is 1.03 bits per heavy atom. The Hall–Kier alpha value is -2.62. The second-order valence-electron chi connectivity index (χ2n) is 6.46. The zero-order valence-electron chi connectivity index (χ0n) is 15.7. The topological polar surface area (TPSA) is 76.1 Å². The number of aryl methyl sites for hydroxylation is 1. The number of nitrogens with one attached hydrogen (secondary N) is 1. The quantitative estimate of drug-likeness (QED) is 0.464. The van der Waals surface area contributed by atoms with E-state index in [4.69, 9.17) is 23.2 Å². The molecule has 3 aromatic rings. The molecule has 0 saturated heterocycles. The lowest BCUT2D eigenvalue weighted by molar-refractivity contribution is -0.137. The summed E-state index contributed by atoms with van der Waals surface area (Å²) in [6.07, 6.45) is -3.50. The Morgan fingerprint density at radius 3 is 2.35 bits per heavy atom. The average Bonchev–Trinajstić information content (AvgIpc) is 2.67. The van der Waals surface area contributed by atoms with Gasteiger partial charge in [-0.3, -0.25) is 14.5 Å². The van der Waals surface area contributed by atoms with Crippen LogP contribution in [-0.2, 0) is 16.2 Å². The van der Waals surface area contributed by atoms with Crippen molar-refractivity contribution in [2.24, 2.45) is 0 Å². The molecule has 0 aliphatic heterocycles. The molecule has 162 valence electrons. The van der Waals surface area contributed by atoms with Gasteiger partial charge in [0.2, 0.25) is 5.78 Å². The molecule has 31 heavy (non-hydrogen) atoms. The Morgan fingerprint density at radius 2 is 1.71 bits per heavy atom. The molecule has 0 saturated carbocycles. The number of benzene rings is 2. The number of sulfonamides is 1. The third-order valence-electron chi connectivity index (χ3n) is 4.16. The van der Waals surface area contributed by atoms with E-state index in [1.165, 1.54) is 24.4 Å². The summed E-state index contributed by atoms with van der Waals surface area (Å²) in [7, 11) is -4.51. The molecule has 0 amide bonds. The van der Waals surface area contributed by atoms with Gasteiger partial charge in [-0.1, -0.05) is 35.3 Å². The van der Waals surface area contributed by atoms with Crippen molar-refractivity contribution in [1.82, 2.24) is 4.98 Å². The van der Waals surface area contributed by atoms with Crippen LogP contribution in [0.4, 0.5) is 18.9 Å². The molecule has 11 heteroatoms. The lowest BCUT2D eigenvalue weighted by atomic mass is 10.1. The predicted molar refractivity (Wildman–Crippen MR) is 111 cm³/mol. The lowest BCUT2D eigenvalue weighted by Gasteiger charge is -2.14. The first-order chi connectivity index (χ1) is 14.4. The van der Waals surface area contributed by atoms with Crippen LogP contribution in [-0.4, -0.2) is 19.2 Å². The van der Waals surface area contributed by atoms with Crippen LogP contribution in [0.2, 0.25) is 10.0 Å². The van der Waals surface area contributed by atoms with Gasteiger partial charge < -0.3 is 0 Å². The highest BCUT2D eigenvalue weighted by Gasteiger charge is 2.34. The van der Waals surface area contributed by atoms with Gasteiger partial charge in [0.05, 0.1) is 26.2 Å². The van der Waals surface area contributed by atoms with Crippen molar-refractivity contribution in [3.8, 4) is 0 Å². The van der Waals surface area contributed by atoms with Crippen LogP contribution in [0.3, 0.4) is 0 Å². The van der Waals surface area contributed by atoms with Crippen LogP contribution in [0.25, 0.3) is 0 Å². The largest absolute Gasteiger partial charge is 0.417 e. The van der Waals surface area contributed by atoms with Crippen molar-refractivity contribution in [3.63, 3.8) is 0 Å². The average molecular weight is 489 g/mol. The molecule has 0 aliphatic rings. The van der Waals surface area contributed by atoms with Crippen LogP contribution in [0.1, 0.15) is 27.2 Å². The maximum atomic E-state index is 13.1. The summed E-state index contributed by atoms with van der Waals surface area (Å²) < 4.78 is 67.1. The first-order valence-electron chi connectivity index (χ1n) is 8.55. The van der Waals surface area contributed by atoms with E-state index in [1.54, 1.807) is 19.1 Å². The Balaban J connectivity index is 2.06. The van der Waals surface area contributed by atoms with Gasteiger partial charge in [0, 0.05) is 11.8 Å². The number of rotatable bonds is 5. The van der Waals surface area contributed by atoms with Crippen LogP contribution in [0.5, 0.6) is 0 Å². The number of carbonyl (C=O) groups is 1.